The topological polar surface area (TPSA) is 64.7 Å². The zero-order valence-electron chi connectivity index (χ0n) is 17.6. The number of carbonyl (C=O) groups excluding carboxylic acids is 1. The van der Waals surface area contributed by atoms with Crippen LogP contribution in [0, 0.1) is 12.8 Å². The van der Waals surface area contributed by atoms with Crippen molar-refractivity contribution in [3.8, 4) is 0 Å². The van der Waals surface area contributed by atoms with E-state index in [0.29, 0.717) is 17.9 Å². The molecule has 0 fully saturated rings. The summed E-state index contributed by atoms with van der Waals surface area (Å²) in [6.07, 6.45) is -1.23. The SMILES string of the molecule is Cc1cc(C(F)(F)F)nn1CC(C)C(=O)Nc1cnn(Cc2cccc3ccccc23)c1. The third-order valence-electron chi connectivity index (χ3n) is 5.28. The van der Waals surface area contributed by atoms with E-state index in [-0.39, 0.29) is 12.5 Å². The highest BCUT2D eigenvalue weighted by atomic mass is 19.4. The van der Waals surface area contributed by atoms with Gasteiger partial charge in [0.2, 0.25) is 5.91 Å². The Morgan fingerprint density at radius 2 is 1.91 bits per heavy atom. The van der Waals surface area contributed by atoms with Crippen LogP contribution in [-0.2, 0) is 24.1 Å². The van der Waals surface area contributed by atoms with E-state index >= 15 is 0 Å². The molecule has 1 unspecified atom stereocenters. The molecule has 4 aromatic rings. The lowest BCUT2D eigenvalue weighted by Gasteiger charge is -2.12. The number of rotatable bonds is 6. The Morgan fingerprint density at radius 3 is 2.66 bits per heavy atom. The van der Waals surface area contributed by atoms with Crippen LogP contribution >= 0.6 is 0 Å². The maximum absolute atomic E-state index is 12.8. The lowest BCUT2D eigenvalue weighted by atomic mass is 10.0. The van der Waals surface area contributed by atoms with E-state index in [0.717, 1.165) is 22.4 Å². The lowest BCUT2D eigenvalue weighted by molar-refractivity contribution is -0.141. The third kappa shape index (κ3) is 4.66. The predicted octanol–water partition coefficient (Wildman–Crippen LogP) is 4.88. The first-order valence-corrected chi connectivity index (χ1v) is 10.1. The van der Waals surface area contributed by atoms with Crippen molar-refractivity contribution < 1.29 is 18.0 Å². The molecular formula is C23H22F3N5O. The van der Waals surface area contributed by atoms with E-state index in [1.165, 1.54) is 11.6 Å². The highest BCUT2D eigenvalue weighted by molar-refractivity contribution is 5.92. The molecule has 0 spiro atoms. The zero-order valence-corrected chi connectivity index (χ0v) is 17.6. The summed E-state index contributed by atoms with van der Waals surface area (Å²) in [4.78, 5) is 12.6. The first kappa shape index (κ1) is 21.6. The molecule has 0 aliphatic rings. The minimum absolute atomic E-state index is 0.0396. The summed E-state index contributed by atoms with van der Waals surface area (Å²) in [5.74, 6) is -0.908. The Hall–Kier alpha value is -3.62. The molecule has 1 amide bonds. The standard InChI is InChI=1S/C23H22F3N5O/c1-15(12-31-16(2)10-21(29-31)23(24,25)26)22(32)28-19-11-27-30(14-19)13-18-8-5-7-17-6-3-4-9-20(17)18/h3-11,14-15H,12-13H2,1-2H3,(H,28,32). The van der Waals surface area contributed by atoms with Crippen LogP contribution in [0.5, 0.6) is 0 Å². The highest BCUT2D eigenvalue weighted by Gasteiger charge is 2.34. The average Bonchev–Trinajstić information content (AvgIpc) is 3.34. The first-order chi connectivity index (χ1) is 15.2. The van der Waals surface area contributed by atoms with Crippen LogP contribution in [-0.4, -0.2) is 25.5 Å². The van der Waals surface area contributed by atoms with Crippen molar-refractivity contribution in [3.63, 3.8) is 0 Å². The van der Waals surface area contributed by atoms with Crippen molar-refractivity contribution in [2.45, 2.75) is 33.1 Å². The fraction of sp³-hybridized carbons (Fsp3) is 0.261. The van der Waals surface area contributed by atoms with Gasteiger partial charge < -0.3 is 5.32 Å². The van der Waals surface area contributed by atoms with Gasteiger partial charge in [0.25, 0.3) is 0 Å². The van der Waals surface area contributed by atoms with Gasteiger partial charge in [-0.25, -0.2) is 0 Å². The lowest BCUT2D eigenvalue weighted by Crippen LogP contribution is -2.25. The van der Waals surface area contributed by atoms with Crippen molar-refractivity contribution in [1.82, 2.24) is 19.6 Å². The van der Waals surface area contributed by atoms with Gasteiger partial charge >= 0.3 is 6.18 Å². The van der Waals surface area contributed by atoms with Crippen LogP contribution in [0.1, 0.15) is 23.9 Å². The van der Waals surface area contributed by atoms with Gasteiger partial charge in [-0.1, -0.05) is 49.4 Å². The Bertz CT molecular complexity index is 1250. The number of hydrogen-bond acceptors (Lipinski definition) is 3. The molecule has 0 saturated heterocycles. The first-order valence-electron chi connectivity index (χ1n) is 10.1. The molecule has 166 valence electrons. The van der Waals surface area contributed by atoms with Gasteiger partial charge in [0.15, 0.2) is 5.69 Å². The largest absolute Gasteiger partial charge is 0.435 e. The smallest absolute Gasteiger partial charge is 0.323 e. The summed E-state index contributed by atoms with van der Waals surface area (Å²) in [5.41, 5.74) is 1.01. The summed E-state index contributed by atoms with van der Waals surface area (Å²) in [5, 5.41) is 13.0. The number of amides is 1. The van der Waals surface area contributed by atoms with E-state index in [1.807, 2.05) is 36.4 Å². The number of fused-ring (bicyclic) bond motifs is 1. The Kier molecular flexibility index (Phi) is 5.73. The number of halogens is 3. The molecule has 0 saturated carbocycles. The molecule has 2 aromatic heterocycles. The Morgan fingerprint density at radius 1 is 1.16 bits per heavy atom. The van der Waals surface area contributed by atoms with Crippen LogP contribution in [0.4, 0.5) is 18.9 Å². The van der Waals surface area contributed by atoms with E-state index in [2.05, 4.69) is 21.6 Å². The molecule has 6 nitrogen and oxygen atoms in total. The molecule has 0 aliphatic heterocycles. The van der Waals surface area contributed by atoms with Gasteiger partial charge in [0, 0.05) is 11.9 Å². The van der Waals surface area contributed by atoms with Gasteiger partial charge in [-0.3, -0.25) is 14.2 Å². The number of alkyl halides is 3. The van der Waals surface area contributed by atoms with Gasteiger partial charge in [-0.15, -0.1) is 0 Å². The Balaban J connectivity index is 1.41. The summed E-state index contributed by atoms with van der Waals surface area (Å²) in [7, 11) is 0. The fourth-order valence-electron chi connectivity index (χ4n) is 3.56. The van der Waals surface area contributed by atoms with E-state index < -0.39 is 17.8 Å². The van der Waals surface area contributed by atoms with Crippen molar-refractivity contribution >= 4 is 22.4 Å². The van der Waals surface area contributed by atoms with Gasteiger partial charge in [0.05, 0.1) is 30.9 Å². The molecular weight excluding hydrogens is 419 g/mol. The number of aryl methyl sites for hydroxylation is 1. The summed E-state index contributed by atoms with van der Waals surface area (Å²) < 4.78 is 41.5. The zero-order chi connectivity index (χ0) is 22.9. The van der Waals surface area contributed by atoms with E-state index in [4.69, 9.17) is 0 Å². The average molecular weight is 441 g/mol. The number of benzene rings is 2. The molecule has 1 atom stereocenters. The monoisotopic (exact) mass is 441 g/mol. The van der Waals surface area contributed by atoms with Gasteiger partial charge in [0.1, 0.15) is 0 Å². The molecule has 0 aliphatic carbocycles. The third-order valence-corrected chi connectivity index (χ3v) is 5.28. The number of aromatic nitrogens is 4. The van der Waals surface area contributed by atoms with Crippen LogP contribution in [0.15, 0.2) is 60.9 Å². The van der Waals surface area contributed by atoms with Crippen molar-refractivity contribution in [2.24, 2.45) is 5.92 Å². The predicted molar refractivity (Wildman–Crippen MR) is 115 cm³/mol. The summed E-state index contributed by atoms with van der Waals surface area (Å²) in [6, 6.07) is 15.1. The Labute approximate surface area is 182 Å². The molecule has 2 heterocycles. The molecule has 32 heavy (non-hydrogen) atoms. The number of nitrogens with zero attached hydrogens (tertiary/aromatic N) is 4. The number of hydrogen-bond donors (Lipinski definition) is 1. The summed E-state index contributed by atoms with van der Waals surface area (Å²) in [6.45, 7) is 3.76. The summed E-state index contributed by atoms with van der Waals surface area (Å²) >= 11 is 0. The van der Waals surface area contributed by atoms with Crippen LogP contribution in [0.25, 0.3) is 10.8 Å². The number of nitrogens with one attached hydrogen (secondary N) is 1. The molecule has 4 rings (SSSR count). The molecule has 2 aromatic carbocycles. The van der Waals surface area contributed by atoms with Gasteiger partial charge in [-0.05, 0) is 29.3 Å². The van der Waals surface area contributed by atoms with Crippen molar-refractivity contribution in [1.29, 1.82) is 0 Å². The van der Waals surface area contributed by atoms with Crippen LogP contribution in [0.2, 0.25) is 0 Å². The minimum atomic E-state index is -4.51. The van der Waals surface area contributed by atoms with Crippen molar-refractivity contribution in [3.05, 3.63) is 77.9 Å². The van der Waals surface area contributed by atoms with Crippen LogP contribution < -0.4 is 5.32 Å². The molecule has 0 bridgehead atoms. The molecule has 1 N–H and O–H groups in total. The van der Waals surface area contributed by atoms with E-state index in [9.17, 15) is 18.0 Å². The van der Waals surface area contributed by atoms with Crippen molar-refractivity contribution in [2.75, 3.05) is 5.32 Å². The highest BCUT2D eigenvalue weighted by Crippen LogP contribution is 2.28. The molecule has 0 radical (unpaired) electrons. The second-order valence-electron chi connectivity index (χ2n) is 7.81. The maximum Gasteiger partial charge on any atom is 0.435 e. The van der Waals surface area contributed by atoms with Gasteiger partial charge in [-0.2, -0.15) is 23.4 Å². The maximum atomic E-state index is 12.8. The minimum Gasteiger partial charge on any atom is -0.323 e. The van der Waals surface area contributed by atoms with Crippen LogP contribution in [0.3, 0.4) is 0 Å². The second-order valence-corrected chi connectivity index (χ2v) is 7.81. The quantitative estimate of drug-likeness (QED) is 0.464. The molecule has 9 heteroatoms. The normalized spacial score (nSPS) is 12.8. The fourth-order valence-corrected chi connectivity index (χ4v) is 3.56. The number of anilines is 1. The van der Waals surface area contributed by atoms with E-state index in [1.54, 1.807) is 24.0 Å². The second kappa shape index (κ2) is 8.49. The number of carbonyl (C=O) groups is 1.